The predicted octanol–water partition coefficient (Wildman–Crippen LogP) is 3.29. The number of nitrogen functional groups attached to an aromatic ring is 1. The van der Waals surface area contributed by atoms with E-state index in [1.807, 2.05) is 0 Å². The van der Waals surface area contributed by atoms with Gasteiger partial charge in [0.1, 0.15) is 11.6 Å². The zero-order valence-corrected chi connectivity index (χ0v) is 10.9. The van der Waals surface area contributed by atoms with Crippen molar-refractivity contribution in [3.05, 3.63) is 59.7 Å². The standard InChI is InChI=1S/C15H14F2N2O/c1-9(10-3-2-4-12(18)7-10)15(20)19-14-6-5-11(16)8-13(14)17/h2-9H,18H2,1H3,(H,19,20). The molecule has 1 amide bonds. The zero-order valence-electron chi connectivity index (χ0n) is 10.9. The molecule has 0 heterocycles. The van der Waals surface area contributed by atoms with E-state index in [0.29, 0.717) is 5.69 Å². The predicted molar refractivity (Wildman–Crippen MR) is 74.3 cm³/mol. The summed E-state index contributed by atoms with van der Waals surface area (Å²) < 4.78 is 26.3. The Morgan fingerprint density at radius 1 is 1.20 bits per heavy atom. The molecule has 0 aromatic heterocycles. The first-order chi connectivity index (χ1) is 9.47. The molecule has 0 fully saturated rings. The molecule has 0 spiro atoms. The van der Waals surface area contributed by atoms with Crippen molar-refractivity contribution in [2.75, 3.05) is 11.1 Å². The molecule has 0 aliphatic carbocycles. The van der Waals surface area contributed by atoms with Gasteiger partial charge in [0.15, 0.2) is 0 Å². The van der Waals surface area contributed by atoms with E-state index in [-0.39, 0.29) is 11.6 Å². The lowest BCUT2D eigenvalue weighted by Crippen LogP contribution is -2.19. The van der Waals surface area contributed by atoms with Crippen molar-refractivity contribution in [3.63, 3.8) is 0 Å². The van der Waals surface area contributed by atoms with Crippen molar-refractivity contribution in [1.29, 1.82) is 0 Å². The van der Waals surface area contributed by atoms with Gasteiger partial charge in [0.2, 0.25) is 5.91 Å². The third-order valence-electron chi connectivity index (χ3n) is 2.99. The molecule has 3 nitrogen and oxygen atoms in total. The second-order valence-electron chi connectivity index (χ2n) is 4.51. The van der Waals surface area contributed by atoms with Crippen LogP contribution < -0.4 is 11.1 Å². The van der Waals surface area contributed by atoms with Crippen molar-refractivity contribution in [1.82, 2.24) is 0 Å². The van der Waals surface area contributed by atoms with E-state index in [4.69, 9.17) is 5.73 Å². The van der Waals surface area contributed by atoms with Crippen LogP contribution in [0.25, 0.3) is 0 Å². The number of hydrogen-bond donors (Lipinski definition) is 2. The molecular formula is C15H14F2N2O. The summed E-state index contributed by atoms with van der Waals surface area (Å²) in [7, 11) is 0. The summed E-state index contributed by atoms with van der Waals surface area (Å²) in [5.74, 6) is -2.38. The minimum Gasteiger partial charge on any atom is -0.399 e. The zero-order chi connectivity index (χ0) is 14.7. The van der Waals surface area contributed by atoms with Crippen LogP contribution in [0, 0.1) is 11.6 Å². The minimum atomic E-state index is -0.807. The summed E-state index contributed by atoms with van der Waals surface area (Å²) in [5, 5.41) is 2.43. The van der Waals surface area contributed by atoms with Gasteiger partial charge in [0, 0.05) is 11.8 Å². The van der Waals surface area contributed by atoms with Crippen LogP contribution >= 0.6 is 0 Å². The van der Waals surface area contributed by atoms with Gasteiger partial charge < -0.3 is 11.1 Å². The fraction of sp³-hybridized carbons (Fsp3) is 0.133. The minimum absolute atomic E-state index is 0.0489. The number of carbonyl (C=O) groups excluding carboxylic acids is 1. The average molecular weight is 276 g/mol. The van der Waals surface area contributed by atoms with E-state index in [1.54, 1.807) is 31.2 Å². The molecule has 104 valence electrons. The number of anilines is 2. The number of carbonyl (C=O) groups is 1. The average Bonchev–Trinajstić information content (AvgIpc) is 2.41. The molecule has 0 saturated carbocycles. The molecule has 0 saturated heterocycles. The van der Waals surface area contributed by atoms with Crippen LogP contribution in [0.1, 0.15) is 18.4 Å². The highest BCUT2D eigenvalue weighted by Gasteiger charge is 2.17. The van der Waals surface area contributed by atoms with Gasteiger partial charge in [-0.3, -0.25) is 4.79 Å². The molecule has 3 N–H and O–H groups in total. The molecule has 5 heteroatoms. The first kappa shape index (κ1) is 14.0. The third-order valence-corrected chi connectivity index (χ3v) is 2.99. The van der Waals surface area contributed by atoms with Crippen molar-refractivity contribution >= 4 is 17.3 Å². The van der Waals surface area contributed by atoms with E-state index in [9.17, 15) is 13.6 Å². The highest BCUT2D eigenvalue weighted by atomic mass is 19.1. The Morgan fingerprint density at radius 2 is 1.95 bits per heavy atom. The van der Waals surface area contributed by atoms with Crippen LogP contribution in [0.15, 0.2) is 42.5 Å². The Kier molecular flexibility index (Phi) is 3.98. The normalized spacial score (nSPS) is 11.9. The lowest BCUT2D eigenvalue weighted by atomic mass is 10.00. The summed E-state index contributed by atoms with van der Waals surface area (Å²) >= 11 is 0. The number of benzene rings is 2. The Hall–Kier alpha value is -2.43. The quantitative estimate of drug-likeness (QED) is 0.845. The topological polar surface area (TPSA) is 55.1 Å². The SMILES string of the molecule is CC(C(=O)Nc1ccc(F)cc1F)c1cccc(N)c1. The van der Waals surface area contributed by atoms with E-state index in [2.05, 4.69) is 5.32 Å². The third kappa shape index (κ3) is 3.12. The fourth-order valence-electron chi connectivity index (χ4n) is 1.81. The molecule has 2 rings (SSSR count). The van der Waals surface area contributed by atoms with Crippen LogP contribution in [0.5, 0.6) is 0 Å². The van der Waals surface area contributed by atoms with E-state index >= 15 is 0 Å². The summed E-state index contributed by atoms with van der Waals surface area (Å²) in [4.78, 5) is 12.0. The number of rotatable bonds is 3. The largest absolute Gasteiger partial charge is 0.399 e. The molecule has 0 radical (unpaired) electrons. The molecule has 0 aliphatic rings. The van der Waals surface area contributed by atoms with Gasteiger partial charge in [-0.05, 0) is 36.8 Å². The summed E-state index contributed by atoms with van der Waals surface area (Å²) in [6, 6.07) is 9.91. The number of hydrogen-bond acceptors (Lipinski definition) is 2. The lowest BCUT2D eigenvalue weighted by Gasteiger charge is -2.13. The number of nitrogens with two attached hydrogens (primary N) is 1. The van der Waals surface area contributed by atoms with Crippen LogP contribution in [-0.2, 0) is 4.79 Å². The Balaban J connectivity index is 2.15. The second-order valence-corrected chi connectivity index (χ2v) is 4.51. The smallest absolute Gasteiger partial charge is 0.231 e. The molecule has 20 heavy (non-hydrogen) atoms. The Labute approximate surface area is 115 Å². The monoisotopic (exact) mass is 276 g/mol. The van der Waals surface area contributed by atoms with Crippen molar-refractivity contribution in [3.8, 4) is 0 Å². The molecule has 0 aliphatic heterocycles. The van der Waals surface area contributed by atoms with Gasteiger partial charge >= 0.3 is 0 Å². The summed E-state index contributed by atoms with van der Waals surface area (Å²) in [5.41, 5.74) is 6.89. The molecule has 2 aromatic rings. The Bertz CT molecular complexity index is 644. The molecule has 2 aromatic carbocycles. The molecule has 0 bridgehead atoms. The maximum absolute atomic E-state index is 13.5. The summed E-state index contributed by atoms with van der Waals surface area (Å²) in [6.45, 7) is 1.69. The first-order valence-electron chi connectivity index (χ1n) is 6.08. The van der Waals surface area contributed by atoms with Crippen molar-refractivity contribution in [2.45, 2.75) is 12.8 Å². The maximum Gasteiger partial charge on any atom is 0.231 e. The molecule has 1 unspecified atom stereocenters. The van der Waals surface area contributed by atoms with Crippen molar-refractivity contribution in [2.24, 2.45) is 0 Å². The highest BCUT2D eigenvalue weighted by Crippen LogP contribution is 2.21. The highest BCUT2D eigenvalue weighted by molar-refractivity contribution is 5.95. The van der Waals surface area contributed by atoms with Gasteiger partial charge in [-0.2, -0.15) is 0 Å². The maximum atomic E-state index is 13.5. The van der Waals surface area contributed by atoms with Crippen LogP contribution in [0.4, 0.5) is 20.2 Å². The first-order valence-corrected chi connectivity index (χ1v) is 6.08. The van der Waals surface area contributed by atoms with Crippen LogP contribution in [0.3, 0.4) is 0 Å². The van der Waals surface area contributed by atoms with E-state index in [0.717, 1.165) is 17.7 Å². The fourth-order valence-corrected chi connectivity index (χ4v) is 1.81. The van der Waals surface area contributed by atoms with E-state index < -0.39 is 17.6 Å². The lowest BCUT2D eigenvalue weighted by molar-refractivity contribution is -0.117. The number of halogens is 2. The number of amides is 1. The molecular weight excluding hydrogens is 262 g/mol. The van der Waals surface area contributed by atoms with Crippen LogP contribution in [-0.4, -0.2) is 5.91 Å². The van der Waals surface area contributed by atoms with E-state index in [1.165, 1.54) is 6.07 Å². The van der Waals surface area contributed by atoms with Gasteiger partial charge in [-0.25, -0.2) is 8.78 Å². The second kappa shape index (κ2) is 5.69. The Morgan fingerprint density at radius 3 is 2.60 bits per heavy atom. The van der Waals surface area contributed by atoms with Crippen LogP contribution in [0.2, 0.25) is 0 Å². The molecule has 1 atom stereocenters. The van der Waals surface area contributed by atoms with Gasteiger partial charge in [0.05, 0.1) is 11.6 Å². The van der Waals surface area contributed by atoms with Gasteiger partial charge in [0.25, 0.3) is 0 Å². The van der Waals surface area contributed by atoms with Gasteiger partial charge in [-0.15, -0.1) is 0 Å². The van der Waals surface area contributed by atoms with Gasteiger partial charge in [-0.1, -0.05) is 12.1 Å². The van der Waals surface area contributed by atoms with Crippen molar-refractivity contribution < 1.29 is 13.6 Å². The number of nitrogens with one attached hydrogen (secondary N) is 1. The summed E-state index contributed by atoms with van der Waals surface area (Å²) in [6.07, 6.45) is 0.